The third kappa shape index (κ3) is 2.20. The van der Waals surface area contributed by atoms with Gasteiger partial charge in [-0.05, 0) is 31.1 Å². The highest BCUT2D eigenvalue weighted by Gasteiger charge is 2.43. The first kappa shape index (κ1) is 10.5. The Bertz CT molecular complexity index is 193. The SMILES string of the molecule is CCC1(C[N+](=O)[O-])CC(C)C(C)C1. The maximum Gasteiger partial charge on any atom is 0.209 e. The van der Waals surface area contributed by atoms with Gasteiger partial charge in [-0.3, -0.25) is 10.1 Å². The van der Waals surface area contributed by atoms with Crippen LogP contribution in [0.5, 0.6) is 0 Å². The zero-order valence-corrected chi connectivity index (χ0v) is 8.75. The maximum absolute atomic E-state index is 10.5. The van der Waals surface area contributed by atoms with Crippen molar-refractivity contribution in [3.05, 3.63) is 10.1 Å². The van der Waals surface area contributed by atoms with E-state index >= 15 is 0 Å². The Morgan fingerprint density at radius 2 is 1.85 bits per heavy atom. The van der Waals surface area contributed by atoms with Crippen molar-refractivity contribution >= 4 is 0 Å². The van der Waals surface area contributed by atoms with Crippen LogP contribution in [0.15, 0.2) is 0 Å². The average molecular weight is 185 g/mol. The minimum Gasteiger partial charge on any atom is -0.265 e. The fraction of sp³-hybridized carbons (Fsp3) is 1.00. The van der Waals surface area contributed by atoms with Gasteiger partial charge in [0.05, 0.1) is 0 Å². The Morgan fingerprint density at radius 1 is 1.38 bits per heavy atom. The van der Waals surface area contributed by atoms with Crippen molar-refractivity contribution in [2.45, 2.75) is 40.0 Å². The first-order valence-corrected chi connectivity index (χ1v) is 5.11. The van der Waals surface area contributed by atoms with E-state index in [4.69, 9.17) is 0 Å². The number of hydrogen-bond donors (Lipinski definition) is 0. The summed E-state index contributed by atoms with van der Waals surface area (Å²) in [5.41, 5.74) is 0.00231. The maximum atomic E-state index is 10.5. The second kappa shape index (κ2) is 3.64. The number of nitrogens with zero attached hydrogens (tertiary/aromatic N) is 1. The van der Waals surface area contributed by atoms with Gasteiger partial charge < -0.3 is 0 Å². The second-order valence-corrected chi connectivity index (χ2v) is 4.71. The van der Waals surface area contributed by atoms with Gasteiger partial charge in [0.15, 0.2) is 0 Å². The smallest absolute Gasteiger partial charge is 0.209 e. The van der Waals surface area contributed by atoms with Gasteiger partial charge in [-0.2, -0.15) is 0 Å². The van der Waals surface area contributed by atoms with E-state index < -0.39 is 0 Å². The molecule has 2 unspecified atom stereocenters. The Kier molecular flexibility index (Phi) is 2.94. The van der Waals surface area contributed by atoms with Gasteiger partial charge in [0.2, 0.25) is 6.54 Å². The molecular weight excluding hydrogens is 166 g/mol. The number of nitro groups is 1. The molecule has 1 saturated carbocycles. The van der Waals surface area contributed by atoms with Crippen molar-refractivity contribution in [1.82, 2.24) is 0 Å². The van der Waals surface area contributed by atoms with Crippen LogP contribution in [0.4, 0.5) is 0 Å². The molecular formula is C10H19NO2. The van der Waals surface area contributed by atoms with Crippen molar-refractivity contribution in [2.24, 2.45) is 17.3 Å². The van der Waals surface area contributed by atoms with E-state index in [1.807, 2.05) is 0 Å². The van der Waals surface area contributed by atoms with Crippen LogP contribution >= 0.6 is 0 Å². The van der Waals surface area contributed by atoms with Crippen molar-refractivity contribution in [1.29, 1.82) is 0 Å². The molecule has 3 heteroatoms. The van der Waals surface area contributed by atoms with Gasteiger partial charge in [-0.15, -0.1) is 0 Å². The zero-order chi connectivity index (χ0) is 10.1. The summed E-state index contributed by atoms with van der Waals surface area (Å²) >= 11 is 0. The molecule has 0 saturated heterocycles. The monoisotopic (exact) mass is 185 g/mol. The molecule has 1 rings (SSSR count). The minimum atomic E-state index is -0.145. The molecule has 2 atom stereocenters. The standard InChI is InChI=1S/C10H19NO2/c1-4-10(7-11(12)13)5-8(2)9(3)6-10/h8-9H,4-7H2,1-3H3. The van der Waals surface area contributed by atoms with Crippen molar-refractivity contribution in [2.75, 3.05) is 6.54 Å². The minimum absolute atomic E-state index is 0.00231. The van der Waals surface area contributed by atoms with Crippen LogP contribution in [0.3, 0.4) is 0 Å². The summed E-state index contributed by atoms with van der Waals surface area (Å²) < 4.78 is 0. The van der Waals surface area contributed by atoms with E-state index in [0.717, 1.165) is 19.3 Å². The van der Waals surface area contributed by atoms with Crippen LogP contribution in [0.2, 0.25) is 0 Å². The van der Waals surface area contributed by atoms with Gasteiger partial charge >= 0.3 is 0 Å². The van der Waals surface area contributed by atoms with E-state index in [0.29, 0.717) is 11.8 Å². The summed E-state index contributed by atoms with van der Waals surface area (Å²) in [6.45, 7) is 6.66. The number of hydrogen-bond acceptors (Lipinski definition) is 2. The predicted octanol–water partition coefficient (Wildman–Crippen LogP) is 2.73. The predicted molar refractivity (Wildman–Crippen MR) is 52.1 cm³/mol. The third-order valence-electron chi connectivity index (χ3n) is 3.70. The topological polar surface area (TPSA) is 43.1 Å². The first-order valence-electron chi connectivity index (χ1n) is 5.11. The summed E-state index contributed by atoms with van der Waals surface area (Å²) in [7, 11) is 0. The molecule has 0 bridgehead atoms. The lowest BCUT2D eigenvalue weighted by atomic mass is 9.82. The highest BCUT2D eigenvalue weighted by molar-refractivity contribution is 4.89. The quantitative estimate of drug-likeness (QED) is 0.501. The van der Waals surface area contributed by atoms with Crippen LogP contribution in [0.25, 0.3) is 0 Å². The van der Waals surface area contributed by atoms with Crippen molar-refractivity contribution < 1.29 is 4.92 Å². The molecule has 3 nitrogen and oxygen atoms in total. The van der Waals surface area contributed by atoms with E-state index in [1.54, 1.807) is 0 Å². The molecule has 1 aliphatic carbocycles. The van der Waals surface area contributed by atoms with Crippen LogP contribution in [0, 0.1) is 27.4 Å². The molecule has 1 fully saturated rings. The highest BCUT2D eigenvalue weighted by Crippen LogP contribution is 2.47. The lowest BCUT2D eigenvalue weighted by Crippen LogP contribution is -2.26. The van der Waals surface area contributed by atoms with Gasteiger partial charge in [0.25, 0.3) is 0 Å². The third-order valence-corrected chi connectivity index (χ3v) is 3.70. The Labute approximate surface area is 79.7 Å². The first-order chi connectivity index (χ1) is 5.99. The highest BCUT2D eigenvalue weighted by atomic mass is 16.6. The van der Waals surface area contributed by atoms with E-state index in [9.17, 15) is 10.1 Å². The van der Waals surface area contributed by atoms with E-state index in [2.05, 4.69) is 20.8 Å². The Hall–Kier alpha value is -0.600. The second-order valence-electron chi connectivity index (χ2n) is 4.71. The van der Waals surface area contributed by atoms with Gasteiger partial charge in [-0.25, -0.2) is 0 Å². The lowest BCUT2D eigenvalue weighted by Gasteiger charge is -2.22. The Morgan fingerprint density at radius 3 is 2.15 bits per heavy atom. The molecule has 0 aromatic heterocycles. The average Bonchev–Trinajstić information content (AvgIpc) is 2.27. The van der Waals surface area contributed by atoms with Gasteiger partial charge in [0.1, 0.15) is 0 Å². The van der Waals surface area contributed by atoms with Gasteiger partial charge in [-0.1, -0.05) is 20.8 Å². The summed E-state index contributed by atoms with van der Waals surface area (Å²) in [4.78, 5) is 10.4. The molecule has 0 amide bonds. The summed E-state index contributed by atoms with van der Waals surface area (Å²) in [5, 5.41) is 10.5. The molecule has 0 aromatic rings. The van der Waals surface area contributed by atoms with Crippen molar-refractivity contribution in [3.63, 3.8) is 0 Å². The van der Waals surface area contributed by atoms with Crippen LogP contribution in [-0.2, 0) is 0 Å². The molecule has 76 valence electrons. The van der Waals surface area contributed by atoms with Gasteiger partial charge in [0, 0.05) is 10.3 Å². The molecule has 0 N–H and O–H groups in total. The summed E-state index contributed by atoms with van der Waals surface area (Å²) in [6.07, 6.45) is 3.01. The lowest BCUT2D eigenvalue weighted by molar-refractivity contribution is -0.497. The molecule has 0 aliphatic heterocycles. The Balaban J connectivity index is 2.67. The van der Waals surface area contributed by atoms with Crippen molar-refractivity contribution in [3.8, 4) is 0 Å². The molecule has 0 radical (unpaired) electrons. The normalized spacial score (nSPS) is 39.3. The van der Waals surface area contributed by atoms with Crippen LogP contribution < -0.4 is 0 Å². The summed E-state index contributed by atoms with van der Waals surface area (Å²) in [5.74, 6) is 1.31. The fourth-order valence-corrected chi connectivity index (χ4v) is 2.66. The zero-order valence-electron chi connectivity index (χ0n) is 8.75. The van der Waals surface area contributed by atoms with E-state index in [1.165, 1.54) is 0 Å². The molecule has 1 aliphatic rings. The molecule has 0 heterocycles. The van der Waals surface area contributed by atoms with Crippen LogP contribution in [0.1, 0.15) is 40.0 Å². The molecule has 0 aromatic carbocycles. The molecule has 13 heavy (non-hydrogen) atoms. The van der Waals surface area contributed by atoms with Crippen LogP contribution in [-0.4, -0.2) is 11.5 Å². The number of rotatable bonds is 3. The summed E-state index contributed by atoms with van der Waals surface area (Å²) in [6, 6.07) is 0. The van der Waals surface area contributed by atoms with E-state index in [-0.39, 0.29) is 16.9 Å². The molecule has 0 spiro atoms. The fourth-order valence-electron chi connectivity index (χ4n) is 2.66. The largest absolute Gasteiger partial charge is 0.265 e.